The maximum absolute atomic E-state index is 11.4. The zero-order chi connectivity index (χ0) is 14.8. The van der Waals surface area contributed by atoms with Crippen LogP contribution in [0.1, 0.15) is 47.8 Å². The molecule has 1 fully saturated rings. The average Bonchev–Trinajstić information content (AvgIpc) is 3.11. The molecule has 1 saturated heterocycles. The fourth-order valence-electron chi connectivity index (χ4n) is 3.38. The zero-order valence-corrected chi connectivity index (χ0v) is 12.4. The van der Waals surface area contributed by atoms with Crippen molar-refractivity contribution in [2.75, 3.05) is 18.5 Å². The summed E-state index contributed by atoms with van der Waals surface area (Å²) >= 11 is 0. The molecular weight excluding hydrogens is 268 g/mol. The van der Waals surface area contributed by atoms with Gasteiger partial charge >= 0.3 is 5.97 Å². The molecule has 0 spiro atoms. The van der Waals surface area contributed by atoms with Gasteiger partial charge in [-0.2, -0.15) is 0 Å². The molecule has 1 aliphatic heterocycles. The van der Waals surface area contributed by atoms with Crippen molar-refractivity contribution in [2.45, 2.75) is 45.1 Å². The highest BCUT2D eigenvalue weighted by Crippen LogP contribution is 2.27. The molecule has 21 heavy (non-hydrogen) atoms. The Morgan fingerprint density at radius 1 is 1.52 bits per heavy atom. The predicted molar refractivity (Wildman–Crippen MR) is 79.8 cm³/mol. The minimum absolute atomic E-state index is 0.278. The van der Waals surface area contributed by atoms with Gasteiger partial charge in [0.2, 0.25) is 0 Å². The lowest BCUT2D eigenvalue weighted by atomic mass is 9.99. The second kappa shape index (κ2) is 6.02. The van der Waals surface area contributed by atoms with Gasteiger partial charge in [0, 0.05) is 24.8 Å². The van der Waals surface area contributed by atoms with Crippen molar-refractivity contribution in [3.05, 3.63) is 22.9 Å². The van der Waals surface area contributed by atoms with Crippen LogP contribution in [0.3, 0.4) is 0 Å². The Morgan fingerprint density at radius 3 is 3.14 bits per heavy atom. The first kappa shape index (κ1) is 14.3. The number of rotatable bonds is 5. The maximum atomic E-state index is 11.4. The molecule has 2 N–H and O–H groups in total. The minimum atomic E-state index is -0.908. The van der Waals surface area contributed by atoms with Crippen LogP contribution < -0.4 is 5.32 Å². The molecule has 0 bridgehead atoms. The number of aromatic carboxylic acids is 1. The minimum Gasteiger partial charge on any atom is -0.478 e. The third-order valence-corrected chi connectivity index (χ3v) is 4.56. The van der Waals surface area contributed by atoms with E-state index < -0.39 is 5.97 Å². The summed E-state index contributed by atoms with van der Waals surface area (Å²) in [4.78, 5) is 16.0. The van der Waals surface area contributed by atoms with E-state index in [9.17, 15) is 9.90 Å². The van der Waals surface area contributed by atoms with Gasteiger partial charge in [0.25, 0.3) is 0 Å². The highest BCUT2D eigenvalue weighted by atomic mass is 16.5. The number of carbonyl (C=O) groups is 1. The lowest BCUT2D eigenvalue weighted by Crippen LogP contribution is -2.24. The Labute approximate surface area is 124 Å². The monoisotopic (exact) mass is 290 g/mol. The first-order valence-electron chi connectivity index (χ1n) is 7.80. The average molecular weight is 290 g/mol. The SMILES string of the molecule is CCC1OCCC1CNc1nc2c(cc1C(=O)O)CCC2. The summed E-state index contributed by atoms with van der Waals surface area (Å²) in [6, 6.07) is 1.79. The molecule has 0 aromatic carbocycles. The van der Waals surface area contributed by atoms with Crippen LogP contribution in [0.25, 0.3) is 0 Å². The van der Waals surface area contributed by atoms with Gasteiger partial charge in [-0.15, -0.1) is 0 Å². The van der Waals surface area contributed by atoms with Gasteiger partial charge in [-0.1, -0.05) is 6.92 Å². The lowest BCUT2D eigenvalue weighted by Gasteiger charge is -2.18. The normalized spacial score (nSPS) is 24.0. The highest BCUT2D eigenvalue weighted by Gasteiger charge is 2.27. The van der Waals surface area contributed by atoms with Gasteiger partial charge in [-0.3, -0.25) is 0 Å². The first-order chi connectivity index (χ1) is 10.2. The van der Waals surface area contributed by atoms with Crippen LogP contribution in [0.15, 0.2) is 6.07 Å². The van der Waals surface area contributed by atoms with Crippen molar-refractivity contribution in [2.24, 2.45) is 5.92 Å². The summed E-state index contributed by atoms with van der Waals surface area (Å²) < 4.78 is 5.68. The molecule has 5 heteroatoms. The van der Waals surface area contributed by atoms with Crippen LogP contribution in [-0.2, 0) is 17.6 Å². The standard InChI is InChI=1S/C16H22N2O3/c1-2-14-11(6-7-21-14)9-17-15-12(16(19)20)8-10-4-3-5-13(10)18-15/h8,11,14H,2-7,9H2,1H3,(H,17,18)(H,19,20). The van der Waals surface area contributed by atoms with Crippen molar-refractivity contribution in [3.8, 4) is 0 Å². The molecule has 1 aliphatic carbocycles. The van der Waals surface area contributed by atoms with E-state index in [0.717, 1.165) is 56.5 Å². The Morgan fingerprint density at radius 2 is 2.38 bits per heavy atom. The van der Waals surface area contributed by atoms with E-state index >= 15 is 0 Å². The predicted octanol–water partition coefficient (Wildman–Crippen LogP) is 2.50. The molecule has 2 aliphatic rings. The number of carboxylic acid groups (broad SMARTS) is 1. The summed E-state index contributed by atoms with van der Waals surface area (Å²) in [5.41, 5.74) is 2.44. The Kier molecular flexibility index (Phi) is 4.10. The van der Waals surface area contributed by atoms with Crippen LogP contribution in [0.5, 0.6) is 0 Å². The lowest BCUT2D eigenvalue weighted by molar-refractivity contribution is 0.0697. The van der Waals surface area contributed by atoms with E-state index in [1.807, 2.05) is 0 Å². The van der Waals surface area contributed by atoms with E-state index in [2.05, 4.69) is 17.2 Å². The van der Waals surface area contributed by atoms with Crippen molar-refractivity contribution in [1.29, 1.82) is 0 Å². The summed E-state index contributed by atoms with van der Waals surface area (Å²) in [5.74, 6) is 0.0472. The molecule has 1 aromatic heterocycles. The van der Waals surface area contributed by atoms with Gasteiger partial charge in [-0.05, 0) is 43.7 Å². The number of carboxylic acids is 1. The number of ether oxygens (including phenoxy) is 1. The summed E-state index contributed by atoms with van der Waals surface area (Å²) in [6.45, 7) is 3.65. The molecule has 5 nitrogen and oxygen atoms in total. The molecule has 2 unspecified atom stereocenters. The number of hydrogen-bond donors (Lipinski definition) is 2. The third-order valence-electron chi connectivity index (χ3n) is 4.56. The maximum Gasteiger partial charge on any atom is 0.339 e. The molecule has 2 atom stereocenters. The number of nitrogens with zero attached hydrogens (tertiary/aromatic N) is 1. The van der Waals surface area contributed by atoms with E-state index in [1.165, 1.54) is 0 Å². The first-order valence-corrected chi connectivity index (χ1v) is 7.80. The van der Waals surface area contributed by atoms with Gasteiger partial charge in [-0.25, -0.2) is 9.78 Å². The summed E-state index contributed by atoms with van der Waals surface area (Å²) in [7, 11) is 0. The van der Waals surface area contributed by atoms with E-state index in [4.69, 9.17) is 4.74 Å². The van der Waals surface area contributed by atoms with Crippen molar-refractivity contribution >= 4 is 11.8 Å². The van der Waals surface area contributed by atoms with Crippen LogP contribution in [-0.4, -0.2) is 35.3 Å². The van der Waals surface area contributed by atoms with E-state index in [-0.39, 0.29) is 6.10 Å². The number of aryl methyl sites for hydroxylation is 2. The van der Waals surface area contributed by atoms with Gasteiger partial charge in [0.05, 0.1) is 6.10 Å². The van der Waals surface area contributed by atoms with Gasteiger partial charge in [0.1, 0.15) is 11.4 Å². The van der Waals surface area contributed by atoms with E-state index in [1.54, 1.807) is 6.07 Å². The highest BCUT2D eigenvalue weighted by molar-refractivity contribution is 5.93. The van der Waals surface area contributed by atoms with Crippen molar-refractivity contribution in [1.82, 2.24) is 4.98 Å². The number of aromatic nitrogens is 1. The fraction of sp³-hybridized carbons (Fsp3) is 0.625. The largest absolute Gasteiger partial charge is 0.478 e. The topological polar surface area (TPSA) is 71.5 Å². The second-order valence-electron chi connectivity index (χ2n) is 5.90. The van der Waals surface area contributed by atoms with Gasteiger partial charge < -0.3 is 15.2 Å². The molecule has 1 aromatic rings. The molecule has 0 saturated carbocycles. The quantitative estimate of drug-likeness (QED) is 0.871. The van der Waals surface area contributed by atoms with Crippen LogP contribution >= 0.6 is 0 Å². The fourth-order valence-corrected chi connectivity index (χ4v) is 3.38. The third kappa shape index (κ3) is 2.88. The van der Waals surface area contributed by atoms with Crippen molar-refractivity contribution < 1.29 is 14.6 Å². The second-order valence-corrected chi connectivity index (χ2v) is 5.90. The number of nitrogens with one attached hydrogen (secondary N) is 1. The number of hydrogen-bond acceptors (Lipinski definition) is 4. The number of fused-ring (bicyclic) bond motifs is 1. The molecule has 2 heterocycles. The van der Waals surface area contributed by atoms with Crippen LogP contribution in [0.4, 0.5) is 5.82 Å². The molecule has 3 rings (SSSR count). The zero-order valence-electron chi connectivity index (χ0n) is 12.4. The molecule has 0 radical (unpaired) electrons. The van der Waals surface area contributed by atoms with Crippen LogP contribution in [0, 0.1) is 5.92 Å². The summed E-state index contributed by atoms with van der Waals surface area (Å²) in [6.07, 6.45) is 5.26. The van der Waals surface area contributed by atoms with Crippen LogP contribution in [0.2, 0.25) is 0 Å². The Balaban J connectivity index is 1.76. The van der Waals surface area contributed by atoms with Gasteiger partial charge in [0.15, 0.2) is 0 Å². The van der Waals surface area contributed by atoms with E-state index in [0.29, 0.717) is 17.3 Å². The molecule has 0 amide bonds. The summed E-state index contributed by atoms with van der Waals surface area (Å²) in [5, 5.41) is 12.6. The smallest absolute Gasteiger partial charge is 0.339 e. The molecule has 114 valence electrons. The Bertz CT molecular complexity index is 545. The Hall–Kier alpha value is -1.62. The molecular formula is C16H22N2O3. The van der Waals surface area contributed by atoms with Crippen molar-refractivity contribution in [3.63, 3.8) is 0 Å². The number of anilines is 1. The number of pyridine rings is 1.